The molecule has 2 N–H and O–H groups in total. The molecule has 2 aliphatic rings. The Bertz CT molecular complexity index is 642. The number of carbonyl (C=O) groups is 1. The first-order valence-corrected chi connectivity index (χ1v) is 8.28. The fourth-order valence-corrected chi connectivity index (χ4v) is 4.26. The van der Waals surface area contributed by atoms with E-state index < -0.39 is 21.5 Å². The average molecular weight is 296 g/mol. The van der Waals surface area contributed by atoms with Gasteiger partial charge in [-0.25, -0.2) is 13.2 Å². The number of nitrogens with two attached hydrogens (primary N) is 1. The highest BCUT2D eigenvalue weighted by atomic mass is 32.2. The minimum absolute atomic E-state index is 0.0745. The first kappa shape index (κ1) is 13.2. The van der Waals surface area contributed by atoms with Crippen LogP contribution in [0.25, 0.3) is 0 Å². The minimum atomic E-state index is -2.98. The summed E-state index contributed by atoms with van der Waals surface area (Å²) in [7, 11) is -2.98. The highest BCUT2D eigenvalue weighted by molar-refractivity contribution is 7.91. The summed E-state index contributed by atoms with van der Waals surface area (Å²) >= 11 is 0. The van der Waals surface area contributed by atoms with Crippen LogP contribution in [0.4, 0.5) is 16.2 Å². The van der Waals surface area contributed by atoms with Gasteiger partial charge >= 0.3 is 6.09 Å². The van der Waals surface area contributed by atoms with Gasteiger partial charge in [0.2, 0.25) is 0 Å². The second-order valence-corrected chi connectivity index (χ2v) is 7.69. The van der Waals surface area contributed by atoms with Gasteiger partial charge in [0, 0.05) is 24.2 Å². The molecule has 20 heavy (non-hydrogen) atoms. The van der Waals surface area contributed by atoms with E-state index in [0.29, 0.717) is 30.8 Å². The third kappa shape index (κ3) is 2.33. The topological polar surface area (TPSA) is 89.7 Å². The van der Waals surface area contributed by atoms with E-state index in [-0.39, 0.29) is 11.5 Å². The number of hydrogen-bond donors (Lipinski definition) is 1. The number of amides is 1. The van der Waals surface area contributed by atoms with E-state index in [1.54, 1.807) is 24.3 Å². The maximum atomic E-state index is 12.0. The van der Waals surface area contributed by atoms with Crippen molar-refractivity contribution < 1.29 is 17.9 Å². The summed E-state index contributed by atoms with van der Waals surface area (Å²) in [6, 6.07) is 7.01. The standard InChI is InChI=1S/C13H16N2O4S/c14-10-2-1-3-11(8-10)15-9-13(19-12(15)16)4-6-20(17,18)7-5-13/h1-3,8H,4-7,9,14H2. The van der Waals surface area contributed by atoms with Gasteiger partial charge in [-0.1, -0.05) is 6.07 Å². The van der Waals surface area contributed by atoms with E-state index in [0.717, 1.165) is 0 Å². The first-order chi connectivity index (χ1) is 9.39. The average Bonchev–Trinajstić information content (AvgIpc) is 2.72. The number of hydrogen-bond acceptors (Lipinski definition) is 5. The van der Waals surface area contributed by atoms with Crippen molar-refractivity contribution in [3.63, 3.8) is 0 Å². The van der Waals surface area contributed by atoms with Gasteiger partial charge in [-0.3, -0.25) is 4.90 Å². The van der Waals surface area contributed by atoms with Gasteiger partial charge in [-0.2, -0.15) is 0 Å². The van der Waals surface area contributed by atoms with Crippen LogP contribution in [0.5, 0.6) is 0 Å². The van der Waals surface area contributed by atoms with Gasteiger partial charge in [0.15, 0.2) is 9.84 Å². The fourth-order valence-electron chi connectivity index (χ4n) is 2.68. The van der Waals surface area contributed by atoms with E-state index in [1.165, 1.54) is 4.90 Å². The molecule has 2 heterocycles. The fraction of sp³-hybridized carbons (Fsp3) is 0.462. The van der Waals surface area contributed by atoms with E-state index in [1.807, 2.05) is 0 Å². The van der Waals surface area contributed by atoms with Crippen molar-refractivity contribution >= 4 is 27.3 Å². The van der Waals surface area contributed by atoms with Crippen LogP contribution in [0.1, 0.15) is 12.8 Å². The normalized spacial score (nSPS) is 23.8. The molecule has 3 rings (SSSR count). The van der Waals surface area contributed by atoms with Crippen molar-refractivity contribution in [2.75, 3.05) is 28.7 Å². The number of carbonyl (C=O) groups excluding carboxylic acids is 1. The quantitative estimate of drug-likeness (QED) is 0.786. The molecule has 1 spiro atoms. The Hall–Kier alpha value is -1.76. The molecule has 2 saturated heterocycles. The molecule has 108 valence electrons. The molecule has 0 radical (unpaired) electrons. The molecule has 2 aliphatic heterocycles. The zero-order chi connectivity index (χ0) is 14.4. The van der Waals surface area contributed by atoms with Crippen LogP contribution >= 0.6 is 0 Å². The molecule has 2 fully saturated rings. The van der Waals surface area contributed by atoms with Crippen LogP contribution in [0.2, 0.25) is 0 Å². The van der Waals surface area contributed by atoms with Crippen LogP contribution in [0.15, 0.2) is 24.3 Å². The van der Waals surface area contributed by atoms with E-state index >= 15 is 0 Å². The van der Waals surface area contributed by atoms with Crippen molar-refractivity contribution in [1.82, 2.24) is 0 Å². The van der Waals surface area contributed by atoms with Gasteiger partial charge in [0.05, 0.1) is 18.1 Å². The SMILES string of the molecule is Nc1cccc(N2CC3(CCS(=O)(=O)CC3)OC2=O)c1. The third-order valence-electron chi connectivity index (χ3n) is 3.89. The number of nitrogen functional groups attached to an aromatic ring is 1. The Balaban J connectivity index is 1.82. The summed E-state index contributed by atoms with van der Waals surface area (Å²) in [5.41, 5.74) is 6.30. The van der Waals surface area contributed by atoms with Gasteiger partial charge in [0.1, 0.15) is 5.60 Å². The first-order valence-electron chi connectivity index (χ1n) is 6.46. The predicted molar refractivity (Wildman–Crippen MR) is 75.3 cm³/mol. The molecule has 1 amide bonds. The van der Waals surface area contributed by atoms with Crippen LogP contribution in [-0.4, -0.2) is 38.2 Å². The lowest BCUT2D eigenvalue weighted by Gasteiger charge is -2.30. The minimum Gasteiger partial charge on any atom is -0.441 e. The largest absolute Gasteiger partial charge is 0.441 e. The molecule has 0 atom stereocenters. The smallest absolute Gasteiger partial charge is 0.415 e. The Morgan fingerprint density at radius 3 is 2.60 bits per heavy atom. The molecule has 1 aromatic carbocycles. The van der Waals surface area contributed by atoms with E-state index in [9.17, 15) is 13.2 Å². The number of anilines is 2. The molecule has 6 nitrogen and oxygen atoms in total. The highest BCUT2D eigenvalue weighted by Gasteiger charge is 2.48. The van der Waals surface area contributed by atoms with Crippen LogP contribution in [0.3, 0.4) is 0 Å². The number of ether oxygens (including phenoxy) is 1. The second-order valence-electron chi connectivity index (χ2n) is 5.38. The van der Waals surface area contributed by atoms with Crippen molar-refractivity contribution in [1.29, 1.82) is 0 Å². The van der Waals surface area contributed by atoms with Crippen LogP contribution < -0.4 is 10.6 Å². The molecule has 0 unspecified atom stereocenters. The van der Waals surface area contributed by atoms with Crippen molar-refractivity contribution in [3.8, 4) is 0 Å². The molecule has 1 aromatic rings. The molecular formula is C13H16N2O4S. The summed E-state index contributed by atoms with van der Waals surface area (Å²) in [5, 5.41) is 0. The summed E-state index contributed by atoms with van der Waals surface area (Å²) in [4.78, 5) is 13.6. The maximum absolute atomic E-state index is 12.0. The zero-order valence-electron chi connectivity index (χ0n) is 10.9. The highest BCUT2D eigenvalue weighted by Crippen LogP contribution is 2.36. The van der Waals surface area contributed by atoms with Crippen molar-refractivity contribution in [3.05, 3.63) is 24.3 Å². The van der Waals surface area contributed by atoms with Gasteiger partial charge in [-0.05, 0) is 18.2 Å². The third-order valence-corrected chi connectivity index (χ3v) is 5.54. The molecule has 0 saturated carbocycles. The summed E-state index contributed by atoms with van der Waals surface area (Å²) < 4.78 is 28.5. The molecule has 0 aromatic heterocycles. The summed E-state index contributed by atoms with van der Waals surface area (Å²) in [6.45, 7) is 0.380. The molecule has 7 heteroatoms. The number of benzene rings is 1. The Labute approximate surface area is 117 Å². The Kier molecular flexibility index (Phi) is 2.89. The lowest BCUT2D eigenvalue weighted by atomic mass is 9.97. The summed E-state index contributed by atoms with van der Waals surface area (Å²) in [6.07, 6.45) is 0.287. The van der Waals surface area contributed by atoms with Crippen LogP contribution in [-0.2, 0) is 14.6 Å². The van der Waals surface area contributed by atoms with E-state index in [2.05, 4.69) is 0 Å². The number of nitrogens with zero attached hydrogens (tertiary/aromatic N) is 1. The predicted octanol–water partition coefficient (Wildman–Crippen LogP) is 1.17. The monoisotopic (exact) mass is 296 g/mol. The van der Waals surface area contributed by atoms with Gasteiger partial charge in [-0.15, -0.1) is 0 Å². The number of sulfone groups is 1. The molecule has 0 aliphatic carbocycles. The van der Waals surface area contributed by atoms with Crippen molar-refractivity contribution in [2.24, 2.45) is 0 Å². The molecule has 0 bridgehead atoms. The Morgan fingerprint density at radius 1 is 1.25 bits per heavy atom. The van der Waals surface area contributed by atoms with Crippen molar-refractivity contribution in [2.45, 2.75) is 18.4 Å². The second kappa shape index (κ2) is 4.37. The summed E-state index contributed by atoms with van der Waals surface area (Å²) in [5.74, 6) is 0.149. The van der Waals surface area contributed by atoms with Crippen LogP contribution in [0, 0.1) is 0 Å². The molecular weight excluding hydrogens is 280 g/mol. The van der Waals surface area contributed by atoms with Gasteiger partial charge in [0.25, 0.3) is 0 Å². The van der Waals surface area contributed by atoms with E-state index in [4.69, 9.17) is 10.5 Å². The zero-order valence-corrected chi connectivity index (χ0v) is 11.7. The number of rotatable bonds is 1. The maximum Gasteiger partial charge on any atom is 0.415 e. The lowest BCUT2D eigenvalue weighted by Crippen LogP contribution is -2.42. The van der Waals surface area contributed by atoms with Gasteiger partial charge < -0.3 is 10.5 Å². The Morgan fingerprint density at radius 2 is 1.95 bits per heavy atom. The lowest BCUT2D eigenvalue weighted by molar-refractivity contribution is 0.0487.